The number of hydrogen-bond donors (Lipinski definition) is 0. The maximum absolute atomic E-state index is 5.98. The van der Waals surface area contributed by atoms with E-state index in [9.17, 15) is 0 Å². The molecule has 0 saturated carbocycles. The summed E-state index contributed by atoms with van der Waals surface area (Å²) in [4.78, 5) is 11.1. The number of rotatable bonds is 9. The highest BCUT2D eigenvalue weighted by molar-refractivity contribution is 6.29. The number of aryl methyl sites for hydroxylation is 1. The maximum atomic E-state index is 5.98. The molecule has 0 aliphatic carbocycles. The molecule has 0 N–H and O–H groups in total. The van der Waals surface area contributed by atoms with Gasteiger partial charge in [0.1, 0.15) is 5.15 Å². The molecule has 7 heteroatoms. The molecule has 0 amide bonds. The molecule has 0 unspecified atom stereocenters. The van der Waals surface area contributed by atoms with Crippen LogP contribution < -0.4 is 0 Å². The van der Waals surface area contributed by atoms with Crippen LogP contribution >= 0.6 is 11.6 Å². The minimum absolute atomic E-state index is 0.289. The number of halogens is 1. The van der Waals surface area contributed by atoms with Crippen LogP contribution in [0.25, 0.3) is 22.2 Å². The zero-order chi connectivity index (χ0) is 19.2. The molecule has 0 saturated heterocycles. The summed E-state index contributed by atoms with van der Waals surface area (Å²) in [5.74, 6) is 0. The van der Waals surface area contributed by atoms with Crippen LogP contribution in [-0.4, -0.2) is 57.5 Å². The SMILES string of the molecule is CC(C)OCCN(C)CCCn1cc(-c2cnc3ccc(Cl)nc3c2)cn1. The van der Waals surface area contributed by atoms with Crippen LogP contribution in [0.15, 0.2) is 36.8 Å². The highest BCUT2D eigenvalue weighted by Crippen LogP contribution is 2.22. The zero-order valence-corrected chi connectivity index (χ0v) is 16.9. The first kappa shape index (κ1) is 19.7. The van der Waals surface area contributed by atoms with Crippen LogP contribution in [0.5, 0.6) is 0 Å². The Morgan fingerprint density at radius 2 is 2.00 bits per heavy atom. The fourth-order valence-corrected chi connectivity index (χ4v) is 2.99. The van der Waals surface area contributed by atoms with Crippen molar-refractivity contribution in [3.05, 3.63) is 41.9 Å². The fourth-order valence-electron chi connectivity index (χ4n) is 2.83. The molecule has 0 bridgehead atoms. The Kier molecular flexibility index (Phi) is 6.77. The average molecular weight is 388 g/mol. The predicted octanol–water partition coefficient (Wildman–Crippen LogP) is 3.89. The minimum Gasteiger partial charge on any atom is -0.377 e. The Labute approximate surface area is 165 Å². The summed E-state index contributed by atoms with van der Waals surface area (Å²) in [7, 11) is 2.12. The van der Waals surface area contributed by atoms with Crippen molar-refractivity contribution in [2.45, 2.75) is 32.9 Å². The molecule has 0 aromatic carbocycles. The number of fused-ring (bicyclic) bond motifs is 1. The Hall–Kier alpha value is -2.02. The molecule has 0 radical (unpaired) electrons. The smallest absolute Gasteiger partial charge is 0.129 e. The van der Waals surface area contributed by atoms with E-state index in [1.54, 1.807) is 6.07 Å². The first-order chi connectivity index (χ1) is 13.0. The third-order valence-electron chi connectivity index (χ3n) is 4.32. The van der Waals surface area contributed by atoms with E-state index in [1.165, 1.54) is 0 Å². The standard InChI is InChI=1S/C20H26ClN5O/c1-15(2)27-10-9-25(3)7-4-8-26-14-17(13-23-26)16-11-19-18(22-12-16)5-6-20(21)24-19/h5-6,11-15H,4,7-10H2,1-3H3. The normalized spacial score (nSPS) is 11.8. The summed E-state index contributed by atoms with van der Waals surface area (Å²) in [5.41, 5.74) is 3.65. The van der Waals surface area contributed by atoms with Crippen LogP contribution in [0.4, 0.5) is 0 Å². The molecule has 144 valence electrons. The van der Waals surface area contributed by atoms with Gasteiger partial charge in [0.05, 0.1) is 29.9 Å². The number of hydrogen-bond acceptors (Lipinski definition) is 5. The van der Waals surface area contributed by atoms with E-state index in [4.69, 9.17) is 16.3 Å². The van der Waals surface area contributed by atoms with Crippen molar-refractivity contribution in [1.29, 1.82) is 0 Å². The average Bonchev–Trinajstić information content (AvgIpc) is 3.09. The molecule has 3 heterocycles. The van der Waals surface area contributed by atoms with Gasteiger partial charge in [0.15, 0.2) is 0 Å². The predicted molar refractivity (Wildman–Crippen MR) is 109 cm³/mol. The maximum Gasteiger partial charge on any atom is 0.129 e. The van der Waals surface area contributed by atoms with Gasteiger partial charge in [-0.2, -0.15) is 5.10 Å². The van der Waals surface area contributed by atoms with Crippen LogP contribution in [0.2, 0.25) is 5.15 Å². The van der Waals surface area contributed by atoms with Gasteiger partial charge in [-0.05, 0) is 52.1 Å². The third-order valence-corrected chi connectivity index (χ3v) is 4.53. The minimum atomic E-state index is 0.289. The Morgan fingerprint density at radius 1 is 1.15 bits per heavy atom. The van der Waals surface area contributed by atoms with Gasteiger partial charge in [-0.15, -0.1) is 0 Å². The highest BCUT2D eigenvalue weighted by Gasteiger charge is 2.06. The largest absolute Gasteiger partial charge is 0.377 e. The van der Waals surface area contributed by atoms with Gasteiger partial charge < -0.3 is 9.64 Å². The molecule has 0 aliphatic heterocycles. The lowest BCUT2D eigenvalue weighted by Gasteiger charge is -2.17. The summed E-state index contributed by atoms with van der Waals surface area (Å²) < 4.78 is 7.56. The lowest BCUT2D eigenvalue weighted by Crippen LogP contribution is -2.26. The van der Waals surface area contributed by atoms with Crippen molar-refractivity contribution in [1.82, 2.24) is 24.6 Å². The van der Waals surface area contributed by atoms with Gasteiger partial charge in [0.2, 0.25) is 0 Å². The Balaban J connectivity index is 1.54. The van der Waals surface area contributed by atoms with E-state index in [0.717, 1.165) is 54.8 Å². The highest BCUT2D eigenvalue weighted by atomic mass is 35.5. The van der Waals surface area contributed by atoms with Gasteiger partial charge >= 0.3 is 0 Å². The van der Waals surface area contributed by atoms with Crippen molar-refractivity contribution >= 4 is 22.6 Å². The number of nitrogens with zero attached hydrogens (tertiary/aromatic N) is 5. The molecule has 0 atom stereocenters. The van der Waals surface area contributed by atoms with Crippen LogP contribution in [-0.2, 0) is 11.3 Å². The molecule has 3 aromatic heterocycles. The summed E-state index contributed by atoms with van der Waals surface area (Å²) in [6.45, 7) is 7.72. The van der Waals surface area contributed by atoms with E-state index < -0.39 is 0 Å². The first-order valence-corrected chi connectivity index (χ1v) is 9.64. The van der Waals surface area contributed by atoms with E-state index in [-0.39, 0.29) is 6.10 Å². The molecule has 27 heavy (non-hydrogen) atoms. The summed E-state index contributed by atoms with van der Waals surface area (Å²) in [6.07, 6.45) is 7.09. The van der Waals surface area contributed by atoms with Gasteiger partial charge in [-0.3, -0.25) is 9.67 Å². The van der Waals surface area contributed by atoms with Gasteiger partial charge in [-0.25, -0.2) is 4.98 Å². The monoisotopic (exact) mass is 387 g/mol. The second kappa shape index (κ2) is 9.26. The molecule has 0 spiro atoms. The van der Waals surface area contributed by atoms with Gasteiger partial charge in [0.25, 0.3) is 0 Å². The Morgan fingerprint density at radius 3 is 2.81 bits per heavy atom. The van der Waals surface area contributed by atoms with E-state index >= 15 is 0 Å². The van der Waals surface area contributed by atoms with Crippen molar-refractivity contribution in [3.8, 4) is 11.1 Å². The third kappa shape index (κ3) is 5.73. The van der Waals surface area contributed by atoms with Crippen LogP contribution in [0, 0.1) is 0 Å². The fraction of sp³-hybridized carbons (Fsp3) is 0.450. The van der Waals surface area contributed by atoms with E-state index in [0.29, 0.717) is 5.15 Å². The second-order valence-corrected chi connectivity index (χ2v) is 7.35. The molecular formula is C20H26ClN5O. The van der Waals surface area contributed by atoms with E-state index in [2.05, 4.69) is 47.1 Å². The van der Waals surface area contributed by atoms with Crippen molar-refractivity contribution in [3.63, 3.8) is 0 Å². The molecule has 3 aromatic rings. The lowest BCUT2D eigenvalue weighted by atomic mass is 10.1. The molecular weight excluding hydrogens is 362 g/mol. The summed E-state index contributed by atoms with van der Waals surface area (Å²) in [5, 5.41) is 4.94. The van der Waals surface area contributed by atoms with Crippen molar-refractivity contribution in [2.24, 2.45) is 0 Å². The van der Waals surface area contributed by atoms with Gasteiger partial charge in [-0.1, -0.05) is 11.6 Å². The van der Waals surface area contributed by atoms with Crippen molar-refractivity contribution < 1.29 is 4.74 Å². The molecule has 0 aliphatic rings. The van der Waals surface area contributed by atoms with Crippen LogP contribution in [0.1, 0.15) is 20.3 Å². The zero-order valence-electron chi connectivity index (χ0n) is 16.1. The quantitative estimate of drug-likeness (QED) is 0.521. The Bertz CT molecular complexity index is 880. The number of ether oxygens (including phenoxy) is 1. The number of likely N-dealkylation sites (N-methyl/N-ethyl adjacent to an activating group) is 1. The second-order valence-electron chi connectivity index (χ2n) is 6.96. The summed E-state index contributed by atoms with van der Waals surface area (Å²) >= 11 is 5.98. The molecule has 0 fully saturated rings. The topological polar surface area (TPSA) is 56.1 Å². The molecule has 3 rings (SSSR count). The van der Waals surface area contributed by atoms with E-state index in [1.807, 2.05) is 29.2 Å². The van der Waals surface area contributed by atoms with Crippen molar-refractivity contribution in [2.75, 3.05) is 26.7 Å². The van der Waals surface area contributed by atoms with Gasteiger partial charge in [0, 0.05) is 36.6 Å². The number of pyridine rings is 2. The lowest BCUT2D eigenvalue weighted by molar-refractivity contribution is 0.0635. The number of aromatic nitrogens is 4. The molecule has 6 nitrogen and oxygen atoms in total. The summed E-state index contributed by atoms with van der Waals surface area (Å²) in [6, 6.07) is 5.62. The van der Waals surface area contributed by atoms with Crippen LogP contribution in [0.3, 0.4) is 0 Å². The first-order valence-electron chi connectivity index (χ1n) is 9.26.